The lowest BCUT2D eigenvalue weighted by atomic mass is 10.0. The molecule has 96 valence electrons. The van der Waals surface area contributed by atoms with E-state index in [-0.39, 0.29) is 5.38 Å². The van der Waals surface area contributed by atoms with Crippen LogP contribution in [0.1, 0.15) is 16.5 Å². The molecule has 3 aromatic rings. The number of hydrogen-bond donors (Lipinski definition) is 0. The van der Waals surface area contributed by atoms with Crippen LogP contribution in [0.15, 0.2) is 56.8 Å². The van der Waals surface area contributed by atoms with Gasteiger partial charge < -0.3 is 0 Å². The van der Waals surface area contributed by atoms with E-state index >= 15 is 0 Å². The minimum atomic E-state index is -0.134. The molecule has 0 fully saturated rings. The molecule has 0 amide bonds. The van der Waals surface area contributed by atoms with Crippen LogP contribution in [0.25, 0.3) is 10.1 Å². The molecule has 0 N–H and O–H groups in total. The van der Waals surface area contributed by atoms with Crippen LogP contribution in [0.5, 0.6) is 0 Å². The van der Waals surface area contributed by atoms with E-state index in [9.17, 15) is 0 Å². The summed E-state index contributed by atoms with van der Waals surface area (Å²) < 4.78 is 3.33. The average Bonchev–Trinajstić information content (AvgIpc) is 2.80. The van der Waals surface area contributed by atoms with Crippen LogP contribution in [-0.4, -0.2) is 0 Å². The Bertz CT molecular complexity index is 716. The molecule has 0 aliphatic heterocycles. The van der Waals surface area contributed by atoms with Crippen molar-refractivity contribution in [2.75, 3.05) is 0 Å². The topological polar surface area (TPSA) is 0 Å². The zero-order valence-electron chi connectivity index (χ0n) is 9.74. The molecule has 0 aliphatic rings. The van der Waals surface area contributed by atoms with Crippen molar-refractivity contribution >= 4 is 64.9 Å². The third kappa shape index (κ3) is 2.75. The fourth-order valence-corrected chi connectivity index (χ4v) is 4.79. The second kappa shape index (κ2) is 5.57. The van der Waals surface area contributed by atoms with E-state index in [1.54, 1.807) is 11.3 Å². The lowest BCUT2D eigenvalue weighted by Crippen LogP contribution is -1.92. The second-order valence-electron chi connectivity index (χ2n) is 4.25. The maximum Gasteiger partial charge on any atom is 0.0850 e. The Balaban J connectivity index is 2.10. The van der Waals surface area contributed by atoms with Crippen molar-refractivity contribution in [3.05, 3.63) is 67.9 Å². The summed E-state index contributed by atoms with van der Waals surface area (Å²) in [5.41, 5.74) is 2.26. The van der Waals surface area contributed by atoms with Crippen LogP contribution in [0.4, 0.5) is 0 Å². The van der Waals surface area contributed by atoms with Crippen LogP contribution < -0.4 is 0 Å². The van der Waals surface area contributed by atoms with Crippen LogP contribution >= 0.6 is 54.8 Å². The van der Waals surface area contributed by atoms with E-state index in [0.29, 0.717) is 0 Å². The first kappa shape index (κ1) is 13.6. The molecule has 1 atom stereocenters. The van der Waals surface area contributed by atoms with Gasteiger partial charge in [-0.05, 0) is 46.2 Å². The van der Waals surface area contributed by atoms with Gasteiger partial charge in [0.1, 0.15) is 0 Å². The predicted molar refractivity (Wildman–Crippen MR) is 91.4 cm³/mol. The second-order valence-corrected chi connectivity index (χ2v) is 7.43. The first-order valence-electron chi connectivity index (χ1n) is 5.71. The van der Waals surface area contributed by atoms with Gasteiger partial charge in [0.25, 0.3) is 0 Å². The Kier molecular flexibility index (Phi) is 3.99. The summed E-state index contributed by atoms with van der Waals surface area (Å²) in [6, 6.07) is 14.5. The molecular weight excluding hydrogens is 407 g/mol. The Hall–Kier alpha value is -0.350. The third-order valence-electron chi connectivity index (χ3n) is 2.96. The molecule has 0 bridgehead atoms. The van der Waals surface area contributed by atoms with E-state index in [1.807, 2.05) is 6.07 Å². The summed E-state index contributed by atoms with van der Waals surface area (Å²) in [5, 5.41) is 3.26. The summed E-state index contributed by atoms with van der Waals surface area (Å²) in [4.78, 5) is 0. The van der Waals surface area contributed by atoms with Crippen molar-refractivity contribution in [3.8, 4) is 0 Å². The van der Waals surface area contributed by atoms with E-state index in [4.69, 9.17) is 11.6 Å². The number of hydrogen-bond acceptors (Lipinski definition) is 1. The SMILES string of the molecule is ClC(c1cc(Br)cc(Br)c1)c1csc2ccccc12. The predicted octanol–water partition coefficient (Wildman–Crippen LogP) is 6.75. The van der Waals surface area contributed by atoms with Crippen LogP contribution in [-0.2, 0) is 0 Å². The molecule has 0 saturated heterocycles. The van der Waals surface area contributed by atoms with Gasteiger partial charge in [0.15, 0.2) is 0 Å². The fraction of sp³-hybridized carbons (Fsp3) is 0.0667. The highest BCUT2D eigenvalue weighted by atomic mass is 79.9. The molecule has 3 rings (SSSR count). The lowest BCUT2D eigenvalue weighted by molar-refractivity contribution is 1.16. The van der Waals surface area contributed by atoms with Gasteiger partial charge >= 0.3 is 0 Å². The van der Waals surface area contributed by atoms with Crippen LogP contribution in [0.2, 0.25) is 0 Å². The highest BCUT2D eigenvalue weighted by Gasteiger charge is 2.16. The molecule has 0 nitrogen and oxygen atoms in total. The number of fused-ring (bicyclic) bond motifs is 1. The van der Waals surface area contributed by atoms with Gasteiger partial charge in [0.2, 0.25) is 0 Å². The normalized spacial score (nSPS) is 12.8. The Labute approximate surface area is 137 Å². The van der Waals surface area contributed by atoms with Gasteiger partial charge in [-0.3, -0.25) is 0 Å². The van der Waals surface area contributed by atoms with E-state index in [0.717, 1.165) is 14.5 Å². The van der Waals surface area contributed by atoms with Crippen LogP contribution in [0, 0.1) is 0 Å². The number of benzene rings is 2. The third-order valence-corrected chi connectivity index (χ3v) is 5.35. The van der Waals surface area contributed by atoms with Gasteiger partial charge in [-0.25, -0.2) is 0 Å². The standard InChI is InChI=1S/C15H9Br2ClS/c16-10-5-9(6-11(17)7-10)15(18)13-8-19-14-4-2-1-3-12(13)14/h1-8,15H. The lowest BCUT2D eigenvalue weighted by Gasteiger charge is -2.10. The molecule has 0 aliphatic carbocycles. The largest absolute Gasteiger partial charge is 0.143 e. The Morgan fingerprint density at radius 2 is 1.68 bits per heavy atom. The minimum Gasteiger partial charge on any atom is -0.143 e. The van der Waals surface area contributed by atoms with Crippen molar-refractivity contribution in [1.29, 1.82) is 0 Å². The summed E-state index contributed by atoms with van der Waals surface area (Å²) >= 11 is 15.4. The van der Waals surface area contributed by atoms with E-state index in [2.05, 4.69) is 73.6 Å². The van der Waals surface area contributed by atoms with Crippen molar-refractivity contribution in [3.63, 3.8) is 0 Å². The van der Waals surface area contributed by atoms with Gasteiger partial charge in [0, 0.05) is 13.6 Å². The maximum absolute atomic E-state index is 6.66. The first-order valence-corrected chi connectivity index (χ1v) is 8.61. The van der Waals surface area contributed by atoms with Gasteiger partial charge in [-0.2, -0.15) is 0 Å². The zero-order valence-corrected chi connectivity index (χ0v) is 14.5. The minimum absolute atomic E-state index is 0.134. The molecule has 1 unspecified atom stereocenters. The molecule has 1 aromatic heterocycles. The first-order chi connectivity index (χ1) is 9.15. The zero-order chi connectivity index (χ0) is 13.4. The molecule has 0 radical (unpaired) electrons. The van der Waals surface area contributed by atoms with Gasteiger partial charge in [0.05, 0.1) is 5.38 Å². The Morgan fingerprint density at radius 1 is 1.00 bits per heavy atom. The summed E-state index contributed by atoms with van der Waals surface area (Å²) in [6.07, 6.45) is 0. The fourth-order valence-electron chi connectivity index (χ4n) is 2.10. The number of alkyl halides is 1. The summed E-state index contributed by atoms with van der Waals surface area (Å²) in [7, 11) is 0. The summed E-state index contributed by atoms with van der Waals surface area (Å²) in [5.74, 6) is 0. The molecule has 0 spiro atoms. The number of halogens is 3. The van der Waals surface area contributed by atoms with Gasteiger partial charge in [-0.15, -0.1) is 22.9 Å². The highest BCUT2D eigenvalue weighted by molar-refractivity contribution is 9.11. The van der Waals surface area contributed by atoms with Crippen molar-refractivity contribution in [2.45, 2.75) is 5.38 Å². The molecule has 4 heteroatoms. The van der Waals surface area contributed by atoms with Crippen molar-refractivity contribution in [1.82, 2.24) is 0 Å². The number of thiophene rings is 1. The molecule has 2 aromatic carbocycles. The van der Waals surface area contributed by atoms with Crippen LogP contribution in [0.3, 0.4) is 0 Å². The Morgan fingerprint density at radius 3 is 2.42 bits per heavy atom. The number of rotatable bonds is 2. The monoisotopic (exact) mass is 414 g/mol. The molecule has 19 heavy (non-hydrogen) atoms. The quantitative estimate of drug-likeness (QED) is 0.405. The molecular formula is C15H9Br2ClS. The average molecular weight is 417 g/mol. The summed E-state index contributed by atoms with van der Waals surface area (Å²) in [6.45, 7) is 0. The van der Waals surface area contributed by atoms with Crippen molar-refractivity contribution < 1.29 is 0 Å². The highest BCUT2D eigenvalue weighted by Crippen LogP contribution is 2.38. The van der Waals surface area contributed by atoms with E-state index < -0.39 is 0 Å². The smallest absolute Gasteiger partial charge is 0.0850 e. The molecule has 0 saturated carbocycles. The molecule has 1 heterocycles. The van der Waals surface area contributed by atoms with E-state index in [1.165, 1.54) is 15.6 Å². The van der Waals surface area contributed by atoms with Gasteiger partial charge in [-0.1, -0.05) is 50.1 Å². The van der Waals surface area contributed by atoms with Crippen molar-refractivity contribution in [2.24, 2.45) is 0 Å². The maximum atomic E-state index is 6.66.